The first-order valence-electron chi connectivity index (χ1n) is 7.36. The van der Waals surface area contributed by atoms with Crippen molar-refractivity contribution in [3.8, 4) is 0 Å². The minimum atomic E-state index is 0.0900. The number of nitrogens with one attached hydrogen (secondary N) is 1. The number of benzene rings is 2. The quantitative estimate of drug-likeness (QED) is 0.792. The molecule has 1 nitrogen and oxygen atoms in total. The van der Waals surface area contributed by atoms with Gasteiger partial charge in [-0.1, -0.05) is 48.5 Å². The molecule has 0 heterocycles. The van der Waals surface area contributed by atoms with Crippen LogP contribution in [0.15, 0.2) is 48.5 Å². The third-order valence-corrected chi connectivity index (χ3v) is 3.83. The van der Waals surface area contributed by atoms with Crippen LogP contribution in [-0.2, 0) is 6.42 Å². The summed E-state index contributed by atoms with van der Waals surface area (Å²) in [6.07, 6.45) is 2.22. The minimum absolute atomic E-state index is 0.0900. The second kappa shape index (κ2) is 6.13. The number of aryl methyl sites for hydroxylation is 3. The van der Waals surface area contributed by atoms with Crippen LogP contribution in [0.2, 0.25) is 0 Å². The molecule has 0 unspecified atom stereocenters. The molecule has 106 valence electrons. The smallest absolute Gasteiger partial charge is 0.0403 e. The van der Waals surface area contributed by atoms with Gasteiger partial charge in [0.2, 0.25) is 0 Å². The van der Waals surface area contributed by atoms with E-state index in [1.165, 1.54) is 22.4 Å². The first kappa shape index (κ1) is 14.6. The maximum atomic E-state index is 3.73. The van der Waals surface area contributed by atoms with Gasteiger partial charge in [-0.15, -0.1) is 0 Å². The van der Waals surface area contributed by atoms with Crippen molar-refractivity contribution in [1.82, 2.24) is 0 Å². The number of hydrogen-bond donors (Lipinski definition) is 1. The average molecular weight is 267 g/mol. The van der Waals surface area contributed by atoms with Crippen LogP contribution in [0.25, 0.3) is 0 Å². The van der Waals surface area contributed by atoms with Crippen LogP contribution >= 0.6 is 0 Å². The zero-order valence-corrected chi connectivity index (χ0v) is 13.0. The lowest BCUT2D eigenvalue weighted by molar-refractivity contribution is 0.518. The Hall–Kier alpha value is -1.76. The van der Waals surface area contributed by atoms with E-state index in [4.69, 9.17) is 0 Å². The van der Waals surface area contributed by atoms with Gasteiger partial charge in [0.15, 0.2) is 0 Å². The fourth-order valence-electron chi connectivity index (χ4n) is 2.51. The van der Waals surface area contributed by atoms with Gasteiger partial charge in [0.1, 0.15) is 0 Å². The Morgan fingerprint density at radius 2 is 1.45 bits per heavy atom. The van der Waals surface area contributed by atoms with Gasteiger partial charge in [-0.2, -0.15) is 0 Å². The van der Waals surface area contributed by atoms with Crippen LogP contribution in [0.3, 0.4) is 0 Å². The lowest BCUT2D eigenvalue weighted by atomic mass is 9.94. The molecular weight excluding hydrogens is 242 g/mol. The monoisotopic (exact) mass is 267 g/mol. The van der Waals surface area contributed by atoms with Crippen molar-refractivity contribution in [3.63, 3.8) is 0 Å². The summed E-state index contributed by atoms with van der Waals surface area (Å²) in [5, 5.41) is 3.73. The predicted octanol–water partition coefficient (Wildman–Crippen LogP) is 5.13. The third-order valence-electron chi connectivity index (χ3n) is 3.83. The molecule has 2 aromatic carbocycles. The van der Waals surface area contributed by atoms with Crippen LogP contribution in [0.4, 0.5) is 5.69 Å². The van der Waals surface area contributed by atoms with Gasteiger partial charge in [0.25, 0.3) is 0 Å². The first-order chi connectivity index (χ1) is 9.48. The van der Waals surface area contributed by atoms with Gasteiger partial charge in [-0.05, 0) is 57.2 Å². The fourth-order valence-corrected chi connectivity index (χ4v) is 2.51. The zero-order valence-electron chi connectivity index (χ0n) is 13.0. The Balaban J connectivity index is 2.04. The highest BCUT2D eigenvalue weighted by Crippen LogP contribution is 2.26. The second-order valence-electron chi connectivity index (χ2n) is 6.26. The summed E-state index contributed by atoms with van der Waals surface area (Å²) in [5.41, 5.74) is 5.41. The molecule has 0 aromatic heterocycles. The fraction of sp³-hybridized carbons (Fsp3) is 0.368. The lowest BCUT2D eigenvalue weighted by Crippen LogP contribution is -2.32. The molecule has 2 rings (SSSR count). The van der Waals surface area contributed by atoms with E-state index in [9.17, 15) is 0 Å². The Bertz CT molecular complexity index is 535. The molecule has 0 atom stereocenters. The number of hydrogen-bond acceptors (Lipinski definition) is 1. The maximum Gasteiger partial charge on any atom is 0.0403 e. The van der Waals surface area contributed by atoms with Crippen molar-refractivity contribution in [2.24, 2.45) is 0 Å². The van der Waals surface area contributed by atoms with Gasteiger partial charge in [-0.25, -0.2) is 0 Å². The van der Waals surface area contributed by atoms with Crippen LogP contribution in [-0.4, -0.2) is 5.54 Å². The van der Waals surface area contributed by atoms with Crippen molar-refractivity contribution in [2.45, 2.75) is 46.1 Å². The van der Waals surface area contributed by atoms with Gasteiger partial charge in [0.05, 0.1) is 0 Å². The van der Waals surface area contributed by atoms with E-state index in [0.717, 1.165) is 12.8 Å². The first-order valence-corrected chi connectivity index (χ1v) is 7.36. The molecule has 1 N–H and O–H groups in total. The number of anilines is 1. The molecule has 0 fully saturated rings. The Kier molecular flexibility index (Phi) is 4.49. The van der Waals surface area contributed by atoms with E-state index in [-0.39, 0.29) is 5.54 Å². The minimum Gasteiger partial charge on any atom is -0.380 e. The second-order valence-corrected chi connectivity index (χ2v) is 6.26. The molecule has 0 aliphatic carbocycles. The Morgan fingerprint density at radius 3 is 2.05 bits per heavy atom. The molecule has 0 radical (unpaired) electrons. The lowest BCUT2D eigenvalue weighted by Gasteiger charge is -2.29. The molecule has 1 heteroatoms. The van der Waals surface area contributed by atoms with Crippen LogP contribution in [0.5, 0.6) is 0 Å². The van der Waals surface area contributed by atoms with Gasteiger partial charge < -0.3 is 5.32 Å². The highest BCUT2D eigenvalue weighted by molar-refractivity contribution is 5.57. The summed E-state index contributed by atoms with van der Waals surface area (Å²) >= 11 is 0. The maximum absolute atomic E-state index is 3.73. The van der Waals surface area contributed by atoms with Gasteiger partial charge in [0, 0.05) is 11.2 Å². The van der Waals surface area contributed by atoms with Crippen LogP contribution in [0.1, 0.15) is 37.0 Å². The van der Waals surface area contributed by atoms with Gasteiger partial charge >= 0.3 is 0 Å². The number of para-hydroxylation sites is 1. The summed E-state index contributed by atoms with van der Waals surface area (Å²) in [6.45, 7) is 8.90. The molecule has 0 saturated carbocycles. The topological polar surface area (TPSA) is 12.0 Å². The predicted molar refractivity (Wildman–Crippen MR) is 88.4 cm³/mol. The SMILES string of the molecule is Cc1cccc(C)c1NC(C)(C)CCc1ccccc1. The van der Waals surface area contributed by atoms with Crippen molar-refractivity contribution in [1.29, 1.82) is 0 Å². The van der Waals surface area contributed by atoms with Crippen molar-refractivity contribution in [3.05, 3.63) is 65.2 Å². The average Bonchev–Trinajstić information content (AvgIpc) is 2.42. The molecule has 0 amide bonds. The van der Waals surface area contributed by atoms with Crippen LogP contribution < -0.4 is 5.32 Å². The normalized spacial score (nSPS) is 11.4. The molecule has 0 saturated heterocycles. The largest absolute Gasteiger partial charge is 0.380 e. The summed E-state index contributed by atoms with van der Waals surface area (Å²) in [4.78, 5) is 0. The van der Waals surface area contributed by atoms with Crippen molar-refractivity contribution in [2.75, 3.05) is 5.32 Å². The zero-order chi connectivity index (χ0) is 14.6. The van der Waals surface area contributed by atoms with Crippen molar-refractivity contribution >= 4 is 5.69 Å². The molecule has 20 heavy (non-hydrogen) atoms. The molecule has 0 spiro atoms. The van der Waals surface area contributed by atoms with E-state index in [0.29, 0.717) is 0 Å². The summed E-state index contributed by atoms with van der Waals surface area (Å²) in [5.74, 6) is 0. The third kappa shape index (κ3) is 3.86. The molecule has 0 aliphatic rings. The highest BCUT2D eigenvalue weighted by atomic mass is 15.0. The summed E-state index contributed by atoms with van der Waals surface area (Å²) in [6, 6.07) is 17.2. The highest BCUT2D eigenvalue weighted by Gasteiger charge is 2.18. The van der Waals surface area contributed by atoms with Crippen LogP contribution in [0, 0.1) is 13.8 Å². The Labute approximate surface area is 123 Å². The van der Waals surface area contributed by atoms with E-state index in [1.54, 1.807) is 0 Å². The molecule has 2 aromatic rings. The van der Waals surface area contributed by atoms with E-state index in [2.05, 4.69) is 81.5 Å². The molecule has 0 bridgehead atoms. The molecular formula is C19H25N. The standard InChI is InChI=1S/C19H25N/c1-15-9-8-10-16(2)18(15)20-19(3,4)14-13-17-11-6-5-7-12-17/h5-12,20H,13-14H2,1-4H3. The van der Waals surface area contributed by atoms with E-state index in [1.807, 2.05) is 0 Å². The van der Waals surface area contributed by atoms with Gasteiger partial charge in [-0.3, -0.25) is 0 Å². The molecule has 0 aliphatic heterocycles. The van der Waals surface area contributed by atoms with Crippen molar-refractivity contribution < 1.29 is 0 Å². The van der Waals surface area contributed by atoms with E-state index >= 15 is 0 Å². The number of rotatable bonds is 5. The Morgan fingerprint density at radius 1 is 0.850 bits per heavy atom. The summed E-state index contributed by atoms with van der Waals surface area (Å²) < 4.78 is 0. The summed E-state index contributed by atoms with van der Waals surface area (Å²) in [7, 11) is 0. The van der Waals surface area contributed by atoms with E-state index < -0.39 is 0 Å².